The number of carbonyl (C=O) groups excluding carboxylic acids is 1. The second-order valence-corrected chi connectivity index (χ2v) is 7.51. The molecule has 0 aliphatic carbocycles. The van der Waals surface area contributed by atoms with Gasteiger partial charge in [-0.1, -0.05) is 23.9 Å². The zero-order valence-corrected chi connectivity index (χ0v) is 14.2. The number of thiazole rings is 2. The van der Waals surface area contributed by atoms with Gasteiger partial charge in [0.1, 0.15) is 4.34 Å². The van der Waals surface area contributed by atoms with Crippen LogP contribution in [-0.4, -0.2) is 15.9 Å². The lowest BCUT2D eigenvalue weighted by Crippen LogP contribution is -2.11. The fourth-order valence-electron chi connectivity index (χ4n) is 1.75. The van der Waals surface area contributed by atoms with Gasteiger partial charge in [0.2, 0.25) is 0 Å². The van der Waals surface area contributed by atoms with Gasteiger partial charge in [-0.25, -0.2) is 9.97 Å². The van der Waals surface area contributed by atoms with E-state index in [1.54, 1.807) is 29.3 Å². The highest BCUT2D eigenvalue weighted by Gasteiger charge is 2.07. The van der Waals surface area contributed by atoms with E-state index in [4.69, 9.17) is 0 Å². The van der Waals surface area contributed by atoms with Gasteiger partial charge < -0.3 is 0 Å². The van der Waals surface area contributed by atoms with Gasteiger partial charge in [-0.3, -0.25) is 10.1 Å². The van der Waals surface area contributed by atoms with Crippen LogP contribution < -0.4 is 5.32 Å². The van der Waals surface area contributed by atoms with Crippen molar-refractivity contribution in [2.75, 3.05) is 5.32 Å². The lowest BCUT2D eigenvalue weighted by molar-refractivity contribution is 0.102. The van der Waals surface area contributed by atoms with E-state index in [2.05, 4.69) is 15.3 Å². The Labute approximate surface area is 140 Å². The van der Waals surface area contributed by atoms with Crippen molar-refractivity contribution in [3.8, 4) is 0 Å². The lowest BCUT2D eigenvalue weighted by Gasteiger charge is -2.03. The summed E-state index contributed by atoms with van der Waals surface area (Å²) in [6.07, 6.45) is 1.67. The molecule has 0 saturated heterocycles. The van der Waals surface area contributed by atoms with Gasteiger partial charge >= 0.3 is 0 Å². The maximum atomic E-state index is 12.0. The van der Waals surface area contributed by atoms with Crippen molar-refractivity contribution in [2.45, 2.75) is 17.0 Å². The number of rotatable bonds is 5. The topological polar surface area (TPSA) is 54.9 Å². The van der Waals surface area contributed by atoms with Crippen molar-refractivity contribution in [3.05, 3.63) is 58.0 Å². The monoisotopic (exact) mass is 347 g/mol. The van der Waals surface area contributed by atoms with Gasteiger partial charge in [0.25, 0.3) is 5.91 Å². The maximum Gasteiger partial charge on any atom is 0.257 e. The average Bonchev–Trinajstić information content (AvgIpc) is 3.17. The van der Waals surface area contributed by atoms with Crippen LogP contribution in [-0.2, 0) is 5.75 Å². The van der Waals surface area contributed by atoms with E-state index in [0.717, 1.165) is 15.8 Å². The summed E-state index contributed by atoms with van der Waals surface area (Å²) in [5, 5.41) is 7.27. The molecule has 0 saturated carbocycles. The van der Waals surface area contributed by atoms with Gasteiger partial charge in [-0.05, 0) is 24.6 Å². The van der Waals surface area contributed by atoms with Crippen LogP contribution in [0.3, 0.4) is 0 Å². The molecular formula is C15H13N3OS3. The van der Waals surface area contributed by atoms with E-state index in [0.29, 0.717) is 10.7 Å². The van der Waals surface area contributed by atoms with Crippen LogP contribution in [0, 0.1) is 6.92 Å². The van der Waals surface area contributed by atoms with E-state index in [1.165, 1.54) is 16.9 Å². The summed E-state index contributed by atoms with van der Waals surface area (Å²) >= 11 is 4.78. The molecular weight excluding hydrogens is 334 g/mol. The minimum Gasteiger partial charge on any atom is -0.298 e. The summed E-state index contributed by atoms with van der Waals surface area (Å²) in [4.78, 5) is 20.5. The standard InChI is InChI=1S/C15H13N3OS3/c1-10-8-21-15(17-10)22-9-11-2-4-12(5-3-11)13(19)18-14-16-6-7-20-14/h2-8H,9H2,1H3,(H,16,18,19). The van der Waals surface area contributed by atoms with Gasteiger partial charge in [-0.15, -0.1) is 22.7 Å². The van der Waals surface area contributed by atoms with Crippen LogP contribution >= 0.6 is 34.4 Å². The van der Waals surface area contributed by atoms with Crippen molar-refractivity contribution >= 4 is 45.5 Å². The molecule has 3 rings (SSSR count). The zero-order valence-electron chi connectivity index (χ0n) is 11.8. The van der Waals surface area contributed by atoms with E-state index in [-0.39, 0.29) is 5.91 Å². The number of amides is 1. The lowest BCUT2D eigenvalue weighted by atomic mass is 10.1. The van der Waals surface area contributed by atoms with Crippen molar-refractivity contribution in [3.63, 3.8) is 0 Å². The van der Waals surface area contributed by atoms with Crippen LogP contribution in [0.1, 0.15) is 21.6 Å². The van der Waals surface area contributed by atoms with Crippen molar-refractivity contribution in [2.24, 2.45) is 0 Å². The molecule has 7 heteroatoms. The molecule has 1 aromatic carbocycles. The number of carbonyl (C=O) groups is 1. The molecule has 0 atom stereocenters. The van der Waals surface area contributed by atoms with Gasteiger partial charge in [0.15, 0.2) is 5.13 Å². The van der Waals surface area contributed by atoms with Crippen molar-refractivity contribution in [1.29, 1.82) is 0 Å². The largest absolute Gasteiger partial charge is 0.298 e. The highest BCUT2D eigenvalue weighted by atomic mass is 32.2. The van der Waals surface area contributed by atoms with Crippen LogP contribution in [0.25, 0.3) is 0 Å². The third kappa shape index (κ3) is 3.94. The minimum atomic E-state index is -0.135. The number of hydrogen-bond acceptors (Lipinski definition) is 6. The molecule has 22 heavy (non-hydrogen) atoms. The predicted octanol–water partition coefficient (Wildman–Crippen LogP) is 4.45. The minimum absolute atomic E-state index is 0.135. The highest BCUT2D eigenvalue weighted by molar-refractivity contribution is 8.00. The number of nitrogens with one attached hydrogen (secondary N) is 1. The summed E-state index contributed by atoms with van der Waals surface area (Å²) in [5.74, 6) is 0.714. The van der Waals surface area contributed by atoms with E-state index in [9.17, 15) is 4.79 Å². The summed E-state index contributed by atoms with van der Waals surface area (Å²) in [6, 6.07) is 7.63. The van der Waals surface area contributed by atoms with E-state index < -0.39 is 0 Å². The summed E-state index contributed by atoms with van der Waals surface area (Å²) in [5.41, 5.74) is 2.86. The number of hydrogen-bond donors (Lipinski definition) is 1. The zero-order chi connectivity index (χ0) is 15.4. The molecule has 0 fully saturated rings. The fourth-order valence-corrected chi connectivity index (χ4v) is 4.08. The number of nitrogens with zero attached hydrogens (tertiary/aromatic N) is 2. The Bertz CT molecular complexity index is 751. The number of aryl methyl sites for hydroxylation is 1. The average molecular weight is 347 g/mol. The second kappa shape index (κ2) is 7.04. The molecule has 112 valence electrons. The second-order valence-electron chi connectivity index (χ2n) is 4.53. The Hall–Kier alpha value is -1.70. The fraction of sp³-hybridized carbons (Fsp3) is 0.133. The first kappa shape index (κ1) is 15.2. The molecule has 3 aromatic rings. The molecule has 1 N–H and O–H groups in total. The normalized spacial score (nSPS) is 10.6. The number of benzene rings is 1. The van der Waals surface area contributed by atoms with Crippen molar-refractivity contribution in [1.82, 2.24) is 9.97 Å². The summed E-state index contributed by atoms with van der Waals surface area (Å²) < 4.78 is 1.07. The molecule has 2 heterocycles. The summed E-state index contributed by atoms with van der Waals surface area (Å²) in [6.45, 7) is 2.00. The first-order valence-electron chi connectivity index (χ1n) is 6.55. The smallest absolute Gasteiger partial charge is 0.257 e. The Balaban J connectivity index is 1.58. The number of aromatic nitrogens is 2. The number of anilines is 1. The van der Waals surface area contributed by atoms with Gasteiger partial charge in [0.05, 0.1) is 0 Å². The quantitative estimate of drug-likeness (QED) is 0.693. The molecule has 0 bridgehead atoms. The third-order valence-corrected chi connectivity index (χ3v) is 5.73. The Kier molecular flexibility index (Phi) is 4.87. The highest BCUT2D eigenvalue weighted by Crippen LogP contribution is 2.26. The molecule has 0 aliphatic heterocycles. The molecule has 0 aliphatic rings. The van der Waals surface area contributed by atoms with Crippen molar-refractivity contribution < 1.29 is 4.79 Å². The van der Waals surface area contributed by atoms with Crippen LogP contribution in [0.5, 0.6) is 0 Å². The molecule has 0 spiro atoms. The molecule has 0 unspecified atom stereocenters. The molecule has 2 aromatic heterocycles. The predicted molar refractivity (Wildman–Crippen MR) is 92.9 cm³/mol. The molecule has 0 radical (unpaired) electrons. The van der Waals surface area contributed by atoms with Crippen LogP contribution in [0.4, 0.5) is 5.13 Å². The van der Waals surface area contributed by atoms with Gasteiger partial charge in [0, 0.05) is 34.0 Å². The first-order valence-corrected chi connectivity index (χ1v) is 9.30. The van der Waals surface area contributed by atoms with Crippen LogP contribution in [0.15, 0.2) is 45.6 Å². The van der Waals surface area contributed by atoms with E-state index in [1.807, 2.05) is 41.9 Å². The summed E-state index contributed by atoms with van der Waals surface area (Å²) in [7, 11) is 0. The van der Waals surface area contributed by atoms with Gasteiger partial charge in [-0.2, -0.15) is 0 Å². The SMILES string of the molecule is Cc1csc(SCc2ccc(C(=O)Nc3nccs3)cc2)n1. The molecule has 4 nitrogen and oxygen atoms in total. The Morgan fingerprint density at radius 1 is 1.27 bits per heavy atom. The third-order valence-electron chi connectivity index (χ3n) is 2.83. The Morgan fingerprint density at radius 2 is 2.09 bits per heavy atom. The van der Waals surface area contributed by atoms with Crippen LogP contribution in [0.2, 0.25) is 0 Å². The maximum absolute atomic E-state index is 12.0. The first-order chi connectivity index (χ1) is 10.7. The molecule has 1 amide bonds. The Morgan fingerprint density at radius 3 is 2.73 bits per heavy atom. The van der Waals surface area contributed by atoms with E-state index >= 15 is 0 Å². The number of thioether (sulfide) groups is 1.